The van der Waals surface area contributed by atoms with E-state index in [0.717, 1.165) is 0 Å². The molecule has 0 radical (unpaired) electrons. The summed E-state index contributed by atoms with van der Waals surface area (Å²) in [7, 11) is 0. The highest BCUT2D eigenvalue weighted by molar-refractivity contribution is 5.87. The smallest absolute Gasteiger partial charge is 0.335 e. The van der Waals surface area contributed by atoms with Crippen molar-refractivity contribution in [3.8, 4) is 0 Å². The first kappa shape index (κ1) is 12.4. The van der Waals surface area contributed by atoms with Crippen molar-refractivity contribution < 1.29 is 15.0 Å². The van der Waals surface area contributed by atoms with Crippen LogP contribution in [0.5, 0.6) is 0 Å². The number of carbonyl (C=O) groups is 1. The van der Waals surface area contributed by atoms with Crippen LogP contribution in [0.2, 0.25) is 0 Å². The molecule has 0 saturated carbocycles. The fourth-order valence-electron chi connectivity index (χ4n) is 0.672. The van der Waals surface area contributed by atoms with Gasteiger partial charge in [0.15, 0.2) is 0 Å². The molecular weight excluding hydrogens is 180 g/mol. The van der Waals surface area contributed by atoms with Crippen LogP contribution in [0.25, 0.3) is 0 Å². The molecule has 0 aromatic heterocycles. The van der Waals surface area contributed by atoms with Crippen molar-refractivity contribution in [1.82, 2.24) is 0 Å². The summed E-state index contributed by atoms with van der Waals surface area (Å²) in [6.07, 6.45) is 2.39. The van der Waals surface area contributed by atoms with E-state index in [0.29, 0.717) is 12.0 Å². The minimum Gasteiger partial charge on any atom is -0.478 e. The number of carboxylic acid groups (broad SMARTS) is 1. The topological polar surface area (TPSA) is 57.5 Å². The van der Waals surface area contributed by atoms with Gasteiger partial charge in [0, 0.05) is 6.61 Å². The van der Waals surface area contributed by atoms with Crippen LogP contribution < -0.4 is 0 Å². The van der Waals surface area contributed by atoms with Crippen molar-refractivity contribution >= 4 is 5.97 Å². The second-order valence-electron chi connectivity index (χ2n) is 2.47. The van der Waals surface area contributed by atoms with E-state index >= 15 is 0 Å². The van der Waals surface area contributed by atoms with Crippen molar-refractivity contribution in [3.05, 3.63) is 48.6 Å². The summed E-state index contributed by atoms with van der Waals surface area (Å²) < 4.78 is 0. The lowest BCUT2D eigenvalue weighted by Crippen LogP contribution is -1.93. The van der Waals surface area contributed by atoms with Crippen LogP contribution in [0.3, 0.4) is 0 Å². The van der Waals surface area contributed by atoms with Gasteiger partial charge < -0.3 is 10.2 Å². The monoisotopic (exact) mass is 194 g/mol. The highest BCUT2D eigenvalue weighted by atomic mass is 16.4. The summed E-state index contributed by atoms with van der Waals surface area (Å²) in [5.74, 6) is -0.879. The zero-order valence-corrected chi connectivity index (χ0v) is 7.89. The fraction of sp³-hybridized carbons (Fsp3) is 0.182. The zero-order chi connectivity index (χ0) is 10.8. The maximum atomic E-state index is 10.2. The molecule has 0 heterocycles. The minimum atomic E-state index is -0.879. The molecular formula is C11H14O3. The highest BCUT2D eigenvalue weighted by Gasteiger charge is 1.96. The molecule has 0 atom stereocenters. The van der Waals surface area contributed by atoms with Gasteiger partial charge in [0.1, 0.15) is 0 Å². The Morgan fingerprint density at radius 1 is 1.36 bits per heavy atom. The summed E-state index contributed by atoms with van der Waals surface area (Å²) in [5.41, 5.74) is 0.331. The van der Waals surface area contributed by atoms with E-state index in [4.69, 9.17) is 10.2 Å². The molecule has 0 aliphatic carbocycles. The van der Waals surface area contributed by atoms with Crippen molar-refractivity contribution in [2.45, 2.75) is 6.42 Å². The highest BCUT2D eigenvalue weighted by Crippen LogP contribution is 1.96. The summed E-state index contributed by atoms with van der Waals surface area (Å²) in [5, 5.41) is 16.4. The van der Waals surface area contributed by atoms with Gasteiger partial charge in [-0.2, -0.15) is 0 Å². The second-order valence-corrected chi connectivity index (χ2v) is 2.47. The summed E-state index contributed by atoms with van der Waals surface area (Å²) in [6.45, 7) is 3.62. The zero-order valence-electron chi connectivity index (χ0n) is 7.89. The summed E-state index contributed by atoms with van der Waals surface area (Å²) in [6, 6.07) is 8.30. The molecule has 1 aromatic carbocycles. The number of aromatic carboxylic acids is 1. The van der Waals surface area contributed by atoms with E-state index in [1.807, 2.05) is 0 Å². The number of rotatable bonds is 3. The molecule has 0 aliphatic heterocycles. The normalized spacial score (nSPS) is 8.36. The van der Waals surface area contributed by atoms with E-state index in [9.17, 15) is 4.79 Å². The largest absolute Gasteiger partial charge is 0.478 e. The van der Waals surface area contributed by atoms with E-state index in [2.05, 4.69) is 6.58 Å². The third-order valence-electron chi connectivity index (χ3n) is 1.35. The van der Waals surface area contributed by atoms with Gasteiger partial charge in [0.2, 0.25) is 0 Å². The number of benzene rings is 1. The van der Waals surface area contributed by atoms with Crippen LogP contribution in [0.15, 0.2) is 43.0 Å². The first-order chi connectivity index (χ1) is 6.72. The second kappa shape index (κ2) is 8.01. The lowest BCUT2D eigenvalue weighted by atomic mass is 10.2. The van der Waals surface area contributed by atoms with Gasteiger partial charge in [-0.15, -0.1) is 6.58 Å². The average molecular weight is 194 g/mol. The first-order valence-electron chi connectivity index (χ1n) is 4.22. The van der Waals surface area contributed by atoms with Gasteiger partial charge in [-0.05, 0) is 18.6 Å². The van der Waals surface area contributed by atoms with Gasteiger partial charge >= 0.3 is 5.97 Å². The Hall–Kier alpha value is -1.61. The Morgan fingerprint density at radius 3 is 2.14 bits per heavy atom. The molecule has 2 N–H and O–H groups in total. The Balaban J connectivity index is 0.000000292. The van der Waals surface area contributed by atoms with Gasteiger partial charge in [-0.25, -0.2) is 4.79 Å². The number of hydrogen-bond donors (Lipinski definition) is 2. The molecule has 0 fully saturated rings. The van der Waals surface area contributed by atoms with Gasteiger partial charge in [0.05, 0.1) is 5.56 Å². The van der Waals surface area contributed by atoms with E-state index in [-0.39, 0.29) is 6.61 Å². The molecule has 3 nitrogen and oxygen atoms in total. The molecule has 0 saturated heterocycles. The van der Waals surface area contributed by atoms with E-state index < -0.39 is 5.97 Å². The summed E-state index contributed by atoms with van der Waals surface area (Å²) >= 11 is 0. The van der Waals surface area contributed by atoms with Crippen LogP contribution in [0.1, 0.15) is 16.8 Å². The van der Waals surface area contributed by atoms with Gasteiger partial charge in [-0.3, -0.25) is 0 Å². The Kier molecular flexibility index (Phi) is 7.09. The fourth-order valence-corrected chi connectivity index (χ4v) is 0.672. The van der Waals surface area contributed by atoms with Crippen molar-refractivity contribution in [2.75, 3.05) is 6.61 Å². The quantitative estimate of drug-likeness (QED) is 0.723. The molecule has 1 rings (SSSR count). The van der Waals surface area contributed by atoms with Crippen LogP contribution in [0.4, 0.5) is 0 Å². The Bertz CT molecular complexity index is 267. The van der Waals surface area contributed by atoms with Crippen LogP contribution in [0, 0.1) is 0 Å². The molecule has 0 amide bonds. The molecule has 76 valence electrons. The first-order valence-corrected chi connectivity index (χ1v) is 4.22. The predicted molar refractivity (Wildman–Crippen MR) is 55.3 cm³/mol. The Labute approximate surface area is 83.3 Å². The molecule has 3 heteroatoms. The maximum Gasteiger partial charge on any atom is 0.335 e. The van der Waals surface area contributed by atoms with Crippen LogP contribution >= 0.6 is 0 Å². The lowest BCUT2D eigenvalue weighted by Gasteiger charge is -1.88. The molecule has 0 spiro atoms. The van der Waals surface area contributed by atoms with E-state index in [1.165, 1.54) is 0 Å². The number of hydrogen-bond acceptors (Lipinski definition) is 2. The third-order valence-corrected chi connectivity index (χ3v) is 1.35. The third kappa shape index (κ3) is 5.97. The standard InChI is InChI=1S/C7H6O2.C4H8O/c8-7(9)6-4-2-1-3-5-6;1-2-3-4-5/h1-5H,(H,8,9);2,5H,1,3-4H2. The molecule has 0 unspecified atom stereocenters. The van der Waals surface area contributed by atoms with Crippen molar-refractivity contribution in [2.24, 2.45) is 0 Å². The van der Waals surface area contributed by atoms with Crippen LogP contribution in [-0.2, 0) is 0 Å². The predicted octanol–water partition coefficient (Wildman–Crippen LogP) is 1.94. The average Bonchev–Trinajstić information content (AvgIpc) is 2.21. The van der Waals surface area contributed by atoms with Crippen LogP contribution in [-0.4, -0.2) is 22.8 Å². The lowest BCUT2D eigenvalue weighted by molar-refractivity contribution is 0.0697. The Morgan fingerprint density at radius 2 is 1.93 bits per heavy atom. The van der Waals surface area contributed by atoms with Crippen molar-refractivity contribution in [3.63, 3.8) is 0 Å². The van der Waals surface area contributed by atoms with Gasteiger partial charge in [-0.1, -0.05) is 24.3 Å². The van der Waals surface area contributed by atoms with E-state index in [1.54, 1.807) is 36.4 Å². The number of aliphatic hydroxyl groups excluding tert-OH is 1. The number of aliphatic hydroxyl groups is 1. The number of carboxylic acids is 1. The van der Waals surface area contributed by atoms with Gasteiger partial charge in [0.25, 0.3) is 0 Å². The summed E-state index contributed by atoms with van der Waals surface area (Å²) in [4.78, 5) is 10.2. The maximum absolute atomic E-state index is 10.2. The molecule has 0 bridgehead atoms. The minimum absolute atomic E-state index is 0.226. The molecule has 0 aliphatic rings. The molecule has 1 aromatic rings. The molecule has 14 heavy (non-hydrogen) atoms. The SMILES string of the molecule is C=CCCO.O=C(O)c1ccccc1. The van der Waals surface area contributed by atoms with Crippen molar-refractivity contribution in [1.29, 1.82) is 0 Å².